The van der Waals surface area contributed by atoms with Crippen LogP contribution in [0.4, 0.5) is 8.78 Å². The number of ether oxygens (including phenoxy) is 1. The molecule has 1 N–H and O–H groups in total. The molecule has 0 aliphatic carbocycles. The maximum absolute atomic E-state index is 14.2. The normalized spacial score (nSPS) is 12.4. The van der Waals surface area contributed by atoms with Gasteiger partial charge in [0.05, 0.1) is 13.2 Å². The molecule has 2 aromatic rings. The molecule has 3 nitrogen and oxygen atoms in total. The third-order valence-corrected chi connectivity index (χ3v) is 3.03. The molecular formula is C15H17F2NO2. The number of furan rings is 1. The van der Waals surface area contributed by atoms with Gasteiger partial charge in [0.1, 0.15) is 28.9 Å². The highest BCUT2D eigenvalue weighted by Crippen LogP contribution is 2.30. The molecule has 0 saturated carbocycles. The SMILES string of the molecule is CCNC(c1ccc(C)o1)c1c(F)cc(OC)cc1F. The quantitative estimate of drug-likeness (QED) is 0.909. The number of benzene rings is 1. The first-order valence-corrected chi connectivity index (χ1v) is 6.39. The predicted molar refractivity (Wildman–Crippen MR) is 71.9 cm³/mol. The fourth-order valence-corrected chi connectivity index (χ4v) is 2.11. The summed E-state index contributed by atoms with van der Waals surface area (Å²) in [6.07, 6.45) is 0. The topological polar surface area (TPSA) is 34.4 Å². The molecule has 0 bridgehead atoms. The van der Waals surface area contributed by atoms with Crippen LogP contribution in [-0.4, -0.2) is 13.7 Å². The van der Waals surface area contributed by atoms with E-state index in [2.05, 4.69) is 5.32 Å². The van der Waals surface area contributed by atoms with E-state index in [0.29, 0.717) is 18.1 Å². The molecule has 1 atom stereocenters. The van der Waals surface area contributed by atoms with Crippen molar-refractivity contribution >= 4 is 0 Å². The van der Waals surface area contributed by atoms with Gasteiger partial charge in [-0.15, -0.1) is 0 Å². The number of halogens is 2. The van der Waals surface area contributed by atoms with E-state index in [0.717, 1.165) is 0 Å². The van der Waals surface area contributed by atoms with E-state index < -0.39 is 17.7 Å². The minimum Gasteiger partial charge on any atom is -0.497 e. The van der Waals surface area contributed by atoms with Crippen LogP contribution in [0.1, 0.15) is 30.0 Å². The molecular weight excluding hydrogens is 264 g/mol. The molecule has 5 heteroatoms. The molecule has 0 aliphatic rings. The number of methoxy groups -OCH3 is 1. The van der Waals surface area contributed by atoms with Gasteiger partial charge >= 0.3 is 0 Å². The number of rotatable bonds is 5. The van der Waals surface area contributed by atoms with Gasteiger partial charge in [-0.05, 0) is 25.6 Å². The first-order chi connectivity index (χ1) is 9.56. The zero-order valence-electron chi connectivity index (χ0n) is 11.7. The Labute approximate surface area is 116 Å². The molecule has 108 valence electrons. The van der Waals surface area contributed by atoms with Crippen LogP contribution in [-0.2, 0) is 0 Å². The second kappa shape index (κ2) is 6.05. The molecule has 0 amide bonds. The van der Waals surface area contributed by atoms with Crippen LogP contribution in [0, 0.1) is 18.6 Å². The van der Waals surface area contributed by atoms with Crippen molar-refractivity contribution in [2.45, 2.75) is 19.9 Å². The van der Waals surface area contributed by atoms with E-state index in [-0.39, 0.29) is 11.3 Å². The van der Waals surface area contributed by atoms with Crippen molar-refractivity contribution in [2.24, 2.45) is 0 Å². The summed E-state index contributed by atoms with van der Waals surface area (Å²) in [6, 6.07) is 5.14. The Kier molecular flexibility index (Phi) is 4.39. The second-order valence-corrected chi connectivity index (χ2v) is 4.44. The Balaban J connectivity index is 2.49. The van der Waals surface area contributed by atoms with Crippen LogP contribution in [0.3, 0.4) is 0 Å². The smallest absolute Gasteiger partial charge is 0.135 e. The lowest BCUT2D eigenvalue weighted by atomic mass is 10.0. The van der Waals surface area contributed by atoms with Gasteiger partial charge in [0.2, 0.25) is 0 Å². The summed E-state index contributed by atoms with van der Waals surface area (Å²) in [6.45, 7) is 4.20. The maximum atomic E-state index is 14.2. The van der Waals surface area contributed by atoms with Crippen LogP contribution in [0.15, 0.2) is 28.7 Å². The average molecular weight is 281 g/mol. The van der Waals surface area contributed by atoms with Crippen LogP contribution >= 0.6 is 0 Å². The van der Waals surface area contributed by atoms with Gasteiger partial charge in [0.25, 0.3) is 0 Å². The maximum Gasteiger partial charge on any atom is 0.135 e. The summed E-state index contributed by atoms with van der Waals surface area (Å²) in [5.41, 5.74) is -0.0676. The largest absolute Gasteiger partial charge is 0.497 e. The molecule has 1 aromatic carbocycles. The summed E-state index contributed by atoms with van der Waals surface area (Å²) in [7, 11) is 1.37. The number of nitrogens with one attached hydrogen (secondary N) is 1. The Morgan fingerprint density at radius 2 is 1.90 bits per heavy atom. The highest BCUT2D eigenvalue weighted by molar-refractivity contribution is 5.36. The minimum atomic E-state index is -0.667. The highest BCUT2D eigenvalue weighted by atomic mass is 19.1. The number of hydrogen-bond acceptors (Lipinski definition) is 3. The minimum absolute atomic E-state index is 0.0676. The lowest BCUT2D eigenvalue weighted by Crippen LogP contribution is -2.23. The molecule has 0 aliphatic heterocycles. The highest BCUT2D eigenvalue weighted by Gasteiger charge is 2.24. The van der Waals surface area contributed by atoms with Crippen LogP contribution < -0.4 is 10.1 Å². The molecule has 0 radical (unpaired) electrons. The van der Waals surface area contributed by atoms with Crippen molar-refractivity contribution in [3.63, 3.8) is 0 Å². The van der Waals surface area contributed by atoms with E-state index >= 15 is 0 Å². The summed E-state index contributed by atoms with van der Waals surface area (Å²) in [5, 5.41) is 3.03. The van der Waals surface area contributed by atoms with E-state index in [1.54, 1.807) is 19.1 Å². The van der Waals surface area contributed by atoms with Crippen LogP contribution in [0.25, 0.3) is 0 Å². The lowest BCUT2D eigenvalue weighted by Gasteiger charge is -2.18. The third kappa shape index (κ3) is 2.82. The molecule has 0 spiro atoms. The third-order valence-electron chi connectivity index (χ3n) is 3.03. The van der Waals surface area contributed by atoms with Gasteiger partial charge in [-0.1, -0.05) is 6.92 Å². The fourth-order valence-electron chi connectivity index (χ4n) is 2.11. The predicted octanol–water partition coefficient (Wildman–Crippen LogP) is 3.57. The fraction of sp³-hybridized carbons (Fsp3) is 0.333. The van der Waals surface area contributed by atoms with Crippen molar-refractivity contribution in [2.75, 3.05) is 13.7 Å². The van der Waals surface area contributed by atoms with Gasteiger partial charge in [-0.25, -0.2) is 8.78 Å². The van der Waals surface area contributed by atoms with Crippen LogP contribution in [0.5, 0.6) is 5.75 Å². The molecule has 2 rings (SSSR count). The molecule has 1 unspecified atom stereocenters. The Morgan fingerprint density at radius 3 is 2.35 bits per heavy atom. The van der Waals surface area contributed by atoms with Gasteiger partial charge < -0.3 is 14.5 Å². The van der Waals surface area contributed by atoms with Crippen molar-refractivity contribution in [3.05, 3.63) is 53.0 Å². The molecule has 0 saturated heterocycles. The van der Waals surface area contributed by atoms with Gasteiger partial charge in [0, 0.05) is 17.7 Å². The molecule has 1 heterocycles. The molecule has 0 fully saturated rings. The van der Waals surface area contributed by atoms with Gasteiger partial charge in [-0.2, -0.15) is 0 Å². The zero-order valence-corrected chi connectivity index (χ0v) is 11.7. The summed E-state index contributed by atoms with van der Waals surface area (Å²) >= 11 is 0. The standard InChI is InChI=1S/C15H17F2NO2/c1-4-18-15(13-6-5-9(2)20-13)14-11(16)7-10(19-3)8-12(14)17/h5-8,15,18H,4H2,1-3H3. The number of hydrogen-bond donors (Lipinski definition) is 1. The van der Waals surface area contributed by atoms with Crippen molar-refractivity contribution < 1.29 is 17.9 Å². The second-order valence-electron chi connectivity index (χ2n) is 4.44. The van der Waals surface area contributed by atoms with Crippen molar-refractivity contribution in [1.82, 2.24) is 5.32 Å². The van der Waals surface area contributed by atoms with Gasteiger partial charge in [0.15, 0.2) is 0 Å². The van der Waals surface area contributed by atoms with Crippen molar-refractivity contribution in [1.29, 1.82) is 0 Å². The van der Waals surface area contributed by atoms with Gasteiger partial charge in [-0.3, -0.25) is 0 Å². The monoisotopic (exact) mass is 281 g/mol. The molecule has 1 aromatic heterocycles. The van der Waals surface area contributed by atoms with Crippen LogP contribution in [0.2, 0.25) is 0 Å². The number of aryl methyl sites for hydroxylation is 1. The Bertz CT molecular complexity index is 572. The first kappa shape index (κ1) is 14.5. The molecule has 20 heavy (non-hydrogen) atoms. The Hall–Kier alpha value is -1.88. The van der Waals surface area contributed by atoms with E-state index in [9.17, 15) is 8.78 Å². The van der Waals surface area contributed by atoms with E-state index in [4.69, 9.17) is 9.15 Å². The summed E-state index contributed by atoms with van der Waals surface area (Å²) < 4.78 is 38.7. The summed E-state index contributed by atoms with van der Waals surface area (Å²) in [5.74, 6) is -0.0112. The van der Waals surface area contributed by atoms with E-state index in [1.165, 1.54) is 19.2 Å². The Morgan fingerprint density at radius 1 is 1.25 bits per heavy atom. The average Bonchev–Trinajstić information content (AvgIpc) is 2.83. The lowest BCUT2D eigenvalue weighted by molar-refractivity contribution is 0.394. The first-order valence-electron chi connectivity index (χ1n) is 6.39. The zero-order chi connectivity index (χ0) is 14.7. The van der Waals surface area contributed by atoms with E-state index in [1.807, 2.05) is 6.92 Å². The van der Waals surface area contributed by atoms with Crippen molar-refractivity contribution in [3.8, 4) is 5.75 Å². The summed E-state index contributed by atoms with van der Waals surface area (Å²) in [4.78, 5) is 0.